The van der Waals surface area contributed by atoms with Gasteiger partial charge in [-0.3, -0.25) is 4.79 Å². The first-order chi connectivity index (χ1) is 9.38. The van der Waals surface area contributed by atoms with Crippen LogP contribution in [-0.4, -0.2) is 45.2 Å². The molecule has 1 heterocycles. The fraction of sp³-hybridized carbons (Fsp3) is 0.500. The molecule has 0 saturated carbocycles. The number of hydrogen-bond donors (Lipinski definition) is 3. The lowest BCUT2D eigenvalue weighted by Gasteiger charge is -2.08. The van der Waals surface area contributed by atoms with E-state index in [0.717, 1.165) is 0 Å². The number of aryl methyl sites for hydroxylation is 1. The molecule has 0 spiro atoms. The molecular weight excluding hydrogens is 280 g/mol. The Kier molecular flexibility index (Phi) is 5.90. The molecule has 1 rings (SSSR count). The Balaban J connectivity index is 2.62. The lowest BCUT2D eigenvalue weighted by molar-refractivity contribution is 0.0956. The molecule has 1 aromatic rings. The van der Waals surface area contributed by atoms with Gasteiger partial charge in [0.15, 0.2) is 0 Å². The molecule has 7 nitrogen and oxygen atoms in total. The number of nitrogens with zero attached hydrogens (tertiary/aromatic N) is 1. The van der Waals surface area contributed by atoms with E-state index in [0.29, 0.717) is 23.6 Å². The van der Waals surface area contributed by atoms with Gasteiger partial charge in [0.1, 0.15) is 5.82 Å². The molecule has 20 heavy (non-hydrogen) atoms. The predicted molar refractivity (Wildman–Crippen MR) is 78.3 cm³/mol. The van der Waals surface area contributed by atoms with E-state index in [1.54, 1.807) is 33.0 Å². The molecule has 0 fully saturated rings. The lowest BCUT2D eigenvalue weighted by atomic mass is 10.2. The highest BCUT2D eigenvalue weighted by Crippen LogP contribution is 2.09. The SMILES string of the molecule is CCNS(=O)(=O)CCNC(=O)c1cc(C)nc(NC)c1. The number of hydrogen-bond acceptors (Lipinski definition) is 5. The minimum atomic E-state index is -3.32. The quantitative estimate of drug-likeness (QED) is 0.663. The first-order valence-electron chi connectivity index (χ1n) is 6.30. The summed E-state index contributed by atoms with van der Waals surface area (Å²) in [6.07, 6.45) is 0. The summed E-state index contributed by atoms with van der Waals surface area (Å²) in [5.74, 6) is 0.129. The van der Waals surface area contributed by atoms with E-state index < -0.39 is 10.0 Å². The predicted octanol–water partition coefficient (Wildman–Crippen LogP) is 0.101. The van der Waals surface area contributed by atoms with E-state index in [1.807, 2.05) is 0 Å². The van der Waals surface area contributed by atoms with E-state index in [-0.39, 0.29) is 18.2 Å². The van der Waals surface area contributed by atoms with Gasteiger partial charge < -0.3 is 10.6 Å². The van der Waals surface area contributed by atoms with Crippen molar-refractivity contribution < 1.29 is 13.2 Å². The number of rotatable bonds is 7. The third-order valence-corrected chi connectivity index (χ3v) is 3.96. The van der Waals surface area contributed by atoms with Gasteiger partial charge in [-0.2, -0.15) is 0 Å². The molecule has 0 aliphatic rings. The maximum Gasteiger partial charge on any atom is 0.251 e. The van der Waals surface area contributed by atoms with Crippen molar-refractivity contribution in [1.82, 2.24) is 15.0 Å². The van der Waals surface area contributed by atoms with E-state index >= 15 is 0 Å². The molecule has 0 unspecified atom stereocenters. The molecule has 3 N–H and O–H groups in total. The van der Waals surface area contributed by atoms with Crippen molar-refractivity contribution in [2.75, 3.05) is 31.2 Å². The van der Waals surface area contributed by atoms with Crippen molar-refractivity contribution in [3.63, 3.8) is 0 Å². The molecule has 0 aliphatic carbocycles. The zero-order valence-electron chi connectivity index (χ0n) is 11.9. The summed E-state index contributed by atoms with van der Waals surface area (Å²) in [6, 6.07) is 3.26. The summed E-state index contributed by atoms with van der Waals surface area (Å²) >= 11 is 0. The van der Waals surface area contributed by atoms with Crippen molar-refractivity contribution in [3.8, 4) is 0 Å². The van der Waals surface area contributed by atoms with Crippen LogP contribution in [0.4, 0.5) is 5.82 Å². The Morgan fingerprint density at radius 1 is 1.35 bits per heavy atom. The van der Waals surface area contributed by atoms with Crippen molar-refractivity contribution in [1.29, 1.82) is 0 Å². The zero-order valence-corrected chi connectivity index (χ0v) is 12.7. The number of carbonyl (C=O) groups excluding carboxylic acids is 1. The van der Waals surface area contributed by atoms with Gasteiger partial charge in [-0.05, 0) is 19.1 Å². The molecule has 112 valence electrons. The molecule has 0 aromatic carbocycles. The second kappa shape index (κ2) is 7.20. The molecule has 8 heteroatoms. The second-order valence-electron chi connectivity index (χ2n) is 4.21. The summed E-state index contributed by atoms with van der Waals surface area (Å²) in [4.78, 5) is 16.1. The van der Waals surface area contributed by atoms with Gasteiger partial charge in [0, 0.05) is 31.4 Å². The molecule has 0 radical (unpaired) electrons. The van der Waals surface area contributed by atoms with Crippen LogP contribution in [0.25, 0.3) is 0 Å². The molecule has 1 amide bonds. The Labute approximate surface area is 119 Å². The Morgan fingerprint density at radius 3 is 2.65 bits per heavy atom. The third kappa shape index (κ3) is 5.14. The Hall–Kier alpha value is -1.67. The van der Waals surface area contributed by atoms with Crippen LogP contribution in [0.5, 0.6) is 0 Å². The average molecular weight is 300 g/mol. The van der Waals surface area contributed by atoms with Gasteiger partial charge in [0.05, 0.1) is 5.75 Å². The summed E-state index contributed by atoms with van der Waals surface area (Å²) < 4.78 is 25.2. The summed E-state index contributed by atoms with van der Waals surface area (Å²) in [5, 5.41) is 5.44. The van der Waals surface area contributed by atoms with Crippen LogP contribution in [-0.2, 0) is 10.0 Å². The molecular formula is C12H20N4O3S. The fourth-order valence-corrected chi connectivity index (χ4v) is 2.58. The average Bonchev–Trinajstić information content (AvgIpc) is 2.37. The van der Waals surface area contributed by atoms with Crippen molar-refractivity contribution in [2.24, 2.45) is 0 Å². The van der Waals surface area contributed by atoms with Crippen LogP contribution in [0, 0.1) is 6.92 Å². The fourth-order valence-electron chi connectivity index (χ4n) is 1.62. The van der Waals surface area contributed by atoms with Crippen LogP contribution in [0.1, 0.15) is 23.0 Å². The summed E-state index contributed by atoms with van der Waals surface area (Å²) in [6.45, 7) is 3.89. The van der Waals surface area contributed by atoms with Gasteiger partial charge in [-0.1, -0.05) is 6.92 Å². The van der Waals surface area contributed by atoms with E-state index in [1.165, 1.54) is 0 Å². The number of carbonyl (C=O) groups is 1. The monoisotopic (exact) mass is 300 g/mol. The molecule has 0 saturated heterocycles. The summed E-state index contributed by atoms with van der Waals surface area (Å²) in [5.41, 5.74) is 1.16. The largest absolute Gasteiger partial charge is 0.373 e. The van der Waals surface area contributed by atoms with Crippen molar-refractivity contribution >= 4 is 21.7 Å². The summed E-state index contributed by atoms with van der Waals surface area (Å²) in [7, 11) is -1.61. The van der Waals surface area contributed by atoms with E-state index in [9.17, 15) is 13.2 Å². The molecule has 1 aromatic heterocycles. The van der Waals surface area contributed by atoms with Gasteiger partial charge in [-0.15, -0.1) is 0 Å². The number of pyridine rings is 1. The van der Waals surface area contributed by atoms with Crippen LogP contribution >= 0.6 is 0 Å². The number of amides is 1. The first-order valence-corrected chi connectivity index (χ1v) is 7.95. The minimum absolute atomic E-state index is 0.0599. The second-order valence-corrected chi connectivity index (χ2v) is 6.13. The topological polar surface area (TPSA) is 100 Å². The maximum absolute atomic E-state index is 11.9. The number of sulfonamides is 1. The van der Waals surface area contributed by atoms with Crippen LogP contribution < -0.4 is 15.4 Å². The molecule has 0 atom stereocenters. The third-order valence-electron chi connectivity index (χ3n) is 2.49. The minimum Gasteiger partial charge on any atom is -0.373 e. The Bertz CT molecular complexity index is 572. The van der Waals surface area contributed by atoms with Gasteiger partial charge >= 0.3 is 0 Å². The first kappa shape index (κ1) is 16.4. The highest BCUT2D eigenvalue weighted by atomic mass is 32.2. The number of nitrogens with one attached hydrogen (secondary N) is 3. The van der Waals surface area contributed by atoms with Gasteiger partial charge in [-0.25, -0.2) is 18.1 Å². The number of aromatic nitrogens is 1. The van der Waals surface area contributed by atoms with Crippen LogP contribution in [0.2, 0.25) is 0 Å². The normalized spacial score (nSPS) is 11.2. The smallest absolute Gasteiger partial charge is 0.251 e. The van der Waals surface area contributed by atoms with E-state index in [4.69, 9.17) is 0 Å². The van der Waals surface area contributed by atoms with Crippen molar-refractivity contribution in [2.45, 2.75) is 13.8 Å². The lowest BCUT2D eigenvalue weighted by Crippen LogP contribution is -2.34. The van der Waals surface area contributed by atoms with Crippen LogP contribution in [0.15, 0.2) is 12.1 Å². The van der Waals surface area contributed by atoms with Crippen LogP contribution in [0.3, 0.4) is 0 Å². The van der Waals surface area contributed by atoms with E-state index in [2.05, 4.69) is 20.3 Å². The van der Waals surface area contributed by atoms with Gasteiger partial charge in [0.2, 0.25) is 10.0 Å². The Morgan fingerprint density at radius 2 is 2.05 bits per heavy atom. The highest BCUT2D eigenvalue weighted by Gasteiger charge is 2.11. The molecule has 0 bridgehead atoms. The zero-order chi connectivity index (χ0) is 15.2. The maximum atomic E-state index is 11.9. The van der Waals surface area contributed by atoms with Crippen molar-refractivity contribution in [3.05, 3.63) is 23.4 Å². The van der Waals surface area contributed by atoms with Gasteiger partial charge in [0.25, 0.3) is 5.91 Å². The number of anilines is 1. The standard InChI is InChI=1S/C12H20N4O3S/c1-4-15-20(18,19)6-5-14-12(17)10-7-9(2)16-11(8-10)13-3/h7-8,15H,4-6H2,1-3H3,(H,13,16)(H,14,17). The molecule has 0 aliphatic heterocycles. The highest BCUT2D eigenvalue weighted by molar-refractivity contribution is 7.89.